The van der Waals surface area contributed by atoms with Crippen LogP contribution in [0.2, 0.25) is 0 Å². The standard InChI is InChI=1S/C24H31FN4O2/c25-19-7-9-20(10-8-19)28-17-15-27(16-18-28)13-3-4-14-29-21-5-1-2-6-22(21)31-23(11-12-26)24(29)30/h1-2,5-10,23H,3-4,11-18,26H2. The number of hydrogen-bond donors (Lipinski definition) is 1. The number of nitrogens with two attached hydrogens (primary N) is 1. The first-order valence-electron chi connectivity index (χ1n) is 11.2. The largest absolute Gasteiger partial charge is 0.478 e. The molecule has 2 aliphatic heterocycles. The number of benzene rings is 2. The van der Waals surface area contributed by atoms with Crippen LogP contribution < -0.4 is 20.3 Å². The number of nitrogens with zero attached hydrogens (tertiary/aromatic N) is 3. The fourth-order valence-corrected chi connectivity index (χ4v) is 4.33. The summed E-state index contributed by atoms with van der Waals surface area (Å²) in [5.74, 6) is 0.577. The summed E-state index contributed by atoms with van der Waals surface area (Å²) in [7, 11) is 0. The number of piperazine rings is 1. The van der Waals surface area contributed by atoms with Gasteiger partial charge < -0.3 is 20.3 Å². The second-order valence-corrected chi connectivity index (χ2v) is 8.15. The average molecular weight is 427 g/mol. The van der Waals surface area contributed by atoms with Gasteiger partial charge >= 0.3 is 0 Å². The number of unbranched alkanes of at least 4 members (excludes halogenated alkanes) is 1. The Labute approximate surface area is 183 Å². The van der Waals surface area contributed by atoms with E-state index in [4.69, 9.17) is 10.5 Å². The molecule has 2 aromatic rings. The highest BCUT2D eigenvalue weighted by atomic mass is 19.1. The average Bonchev–Trinajstić information content (AvgIpc) is 2.80. The van der Waals surface area contributed by atoms with E-state index in [1.54, 1.807) is 0 Å². The molecular weight excluding hydrogens is 395 g/mol. The van der Waals surface area contributed by atoms with Crippen LogP contribution >= 0.6 is 0 Å². The lowest BCUT2D eigenvalue weighted by atomic mass is 10.1. The Morgan fingerprint density at radius 1 is 0.968 bits per heavy atom. The van der Waals surface area contributed by atoms with Crippen LogP contribution in [0.25, 0.3) is 0 Å². The van der Waals surface area contributed by atoms with Crippen molar-refractivity contribution in [3.63, 3.8) is 0 Å². The molecule has 1 unspecified atom stereocenters. The minimum absolute atomic E-state index is 0.0112. The van der Waals surface area contributed by atoms with Crippen molar-refractivity contribution < 1.29 is 13.9 Å². The Morgan fingerprint density at radius 3 is 2.42 bits per heavy atom. The van der Waals surface area contributed by atoms with Crippen molar-refractivity contribution >= 4 is 17.3 Å². The maximum absolute atomic E-state index is 13.1. The number of amides is 1. The van der Waals surface area contributed by atoms with Crippen LogP contribution in [0, 0.1) is 5.82 Å². The van der Waals surface area contributed by atoms with Crippen LogP contribution in [-0.4, -0.2) is 62.7 Å². The van der Waals surface area contributed by atoms with Gasteiger partial charge in [0.2, 0.25) is 0 Å². The lowest BCUT2D eigenvalue weighted by molar-refractivity contribution is -0.126. The van der Waals surface area contributed by atoms with Crippen LogP contribution in [0.1, 0.15) is 19.3 Å². The van der Waals surface area contributed by atoms with Gasteiger partial charge in [0, 0.05) is 44.8 Å². The van der Waals surface area contributed by atoms with Crippen LogP contribution in [0.4, 0.5) is 15.8 Å². The quantitative estimate of drug-likeness (QED) is 0.658. The summed E-state index contributed by atoms with van der Waals surface area (Å²) in [6, 6.07) is 14.5. The summed E-state index contributed by atoms with van der Waals surface area (Å²) in [4.78, 5) is 19.5. The highest BCUT2D eigenvalue weighted by molar-refractivity contribution is 6.00. The second kappa shape index (κ2) is 10.1. The maximum atomic E-state index is 13.1. The Bertz CT molecular complexity index is 868. The van der Waals surface area contributed by atoms with Gasteiger partial charge in [-0.15, -0.1) is 0 Å². The molecule has 2 aliphatic rings. The predicted molar refractivity (Wildman–Crippen MR) is 121 cm³/mol. The molecule has 2 aromatic carbocycles. The topological polar surface area (TPSA) is 62.0 Å². The van der Waals surface area contributed by atoms with Gasteiger partial charge in [-0.2, -0.15) is 0 Å². The normalized spacial score (nSPS) is 19.3. The summed E-state index contributed by atoms with van der Waals surface area (Å²) < 4.78 is 19.0. The van der Waals surface area contributed by atoms with E-state index in [0.29, 0.717) is 19.5 Å². The molecule has 1 saturated heterocycles. The van der Waals surface area contributed by atoms with E-state index in [2.05, 4.69) is 9.80 Å². The van der Waals surface area contributed by atoms with Gasteiger partial charge in [-0.05, 0) is 62.3 Å². The number of para-hydroxylation sites is 2. The van der Waals surface area contributed by atoms with Crippen molar-refractivity contribution in [3.05, 3.63) is 54.3 Å². The molecule has 7 heteroatoms. The van der Waals surface area contributed by atoms with Crippen molar-refractivity contribution in [2.24, 2.45) is 5.73 Å². The zero-order chi connectivity index (χ0) is 21.6. The Morgan fingerprint density at radius 2 is 1.68 bits per heavy atom. The number of carbonyl (C=O) groups excluding carboxylic acids is 1. The minimum Gasteiger partial charge on any atom is -0.478 e. The van der Waals surface area contributed by atoms with Gasteiger partial charge in [0.25, 0.3) is 5.91 Å². The molecule has 6 nitrogen and oxygen atoms in total. The van der Waals surface area contributed by atoms with Crippen molar-refractivity contribution in [2.45, 2.75) is 25.4 Å². The third-order valence-electron chi connectivity index (χ3n) is 6.07. The molecule has 1 amide bonds. The minimum atomic E-state index is -0.487. The summed E-state index contributed by atoms with van der Waals surface area (Å²) >= 11 is 0. The number of rotatable bonds is 8. The van der Waals surface area contributed by atoms with Crippen LogP contribution in [0.5, 0.6) is 5.75 Å². The first kappa shape index (κ1) is 21.6. The fourth-order valence-electron chi connectivity index (χ4n) is 4.33. The van der Waals surface area contributed by atoms with Crippen LogP contribution in [-0.2, 0) is 4.79 Å². The number of halogens is 1. The summed E-state index contributed by atoms with van der Waals surface area (Å²) in [5, 5.41) is 0. The Hall–Kier alpha value is -2.64. The monoisotopic (exact) mass is 426 g/mol. The highest BCUT2D eigenvalue weighted by Gasteiger charge is 2.33. The molecule has 31 heavy (non-hydrogen) atoms. The molecule has 0 saturated carbocycles. The second-order valence-electron chi connectivity index (χ2n) is 8.15. The van der Waals surface area contributed by atoms with E-state index < -0.39 is 6.10 Å². The predicted octanol–water partition coefficient (Wildman–Crippen LogP) is 2.87. The molecule has 1 fully saturated rings. The van der Waals surface area contributed by atoms with E-state index in [9.17, 15) is 9.18 Å². The SMILES string of the molecule is NCCC1Oc2ccccc2N(CCCCN2CCN(c3ccc(F)cc3)CC2)C1=O. The summed E-state index contributed by atoms with van der Waals surface area (Å²) in [6.45, 7) is 6.02. The molecule has 0 radical (unpaired) electrons. The smallest absolute Gasteiger partial charge is 0.268 e. The molecular formula is C24H31FN4O2. The first-order chi connectivity index (χ1) is 15.2. The molecule has 4 rings (SSSR count). The van der Waals surface area contributed by atoms with Gasteiger partial charge in [0.05, 0.1) is 5.69 Å². The summed E-state index contributed by atoms with van der Waals surface area (Å²) in [5.41, 5.74) is 7.60. The van der Waals surface area contributed by atoms with Crippen molar-refractivity contribution in [3.8, 4) is 5.75 Å². The molecule has 0 aliphatic carbocycles. The van der Waals surface area contributed by atoms with Gasteiger partial charge in [-0.1, -0.05) is 12.1 Å². The fraction of sp³-hybridized carbons (Fsp3) is 0.458. The first-order valence-corrected chi connectivity index (χ1v) is 11.2. The maximum Gasteiger partial charge on any atom is 0.268 e. The third kappa shape index (κ3) is 5.17. The molecule has 2 N–H and O–H groups in total. The van der Waals surface area contributed by atoms with E-state index in [0.717, 1.165) is 62.7 Å². The highest BCUT2D eigenvalue weighted by Crippen LogP contribution is 2.34. The lowest BCUT2D eigenvalue weighted by Crippen LogP contribution is -2.48. The molecule has 0 spiro atoms. The third-order valence-corrected chi connectivity index (χ3v) is 6.07. The van der Waals surface area contributed by atoms with Gasteiger partial charge in [0.1, 0.15) is 11.6 Å². The number of carbonyl (C=O) groups is 1. The summed E-state index contributed by atoms with van der Waals surface area (Å²) in [6.07, 6.45) is 2.01. The molecule has 0 bridgehead atoms. The zero-order valence-corrected chi connectivity index (χ0v) is 17.9. The Kier molecular flexibility index (Phi) is 7.04. The van der Waals surface area contributed by atoms with Crippen molar-refractivity contribution in [2.75, 3.05) is 55.6 Å². The van der Waals surface area contributed by atoms with Crippen LogP contribution in [0.3, 0.4) is 0 Å². The zero-order valence-electron chi connectivity index (χ0n) is 17.9. The Balaban J connectivity index is 1.24. The van der Waals surface area contributed by atoms with Crippen molar-refractivity contribution in [1.29, 1.82) is 0 Å². The van der Waals surface area contributed by atoms with Gasteiger partial charge in [-0.25, -0.2) is 4.39 Å². The van der Waals surface area contributed by atoms with E-state index in [1.165, 1.54) is 12.1 Å². The molecule has 1 atom stereocenters. The van der Waals surface area contributed by atoms with Gasteiger partial charge in [0.15, 0.2) is 6.10 Å². The number of fused-ring (bicyclic) bond motifs is 1. The number of ether oxygens (including phenoxy) is 1. The van der Waals surface area contributed by atoms with E-state index in [1.807, 2.05) is 41.3 Å². The van der Waals surface area contributed by atoms with E-state index >= 15 is 0 Å². The molecule has 2 heterocycles. The van der Waals surface area contributed by atoms with Gasteiger partial charge in [-0.3, -0.25) is 9.69 Å². The number of anilines is 2. The van der Waals surface area contributed by atoms with Crippen molar-refractivity contribution in [1.82, 2.24) is 4.90 Å². The van der Waals surface area contributed by atoms with Crippen LogP contribution in [0.15, 0.2) is 48.5 Å². The molecule has 166 valence electrons. The lowest BCUT2D eigenvalue weighted by Gasteiger charge is -2.36. The van der Waals surface area contributed by atoms with E-state index in [-0.39, 0.29) is 11.7 Å². The molecule has 0 aromatic heterocycles. The number of hydrogen-bond acceptors (Lipinski definition) is 5.